The second-order valence-electron chi connectivity index (χ2n) is 5.82. The Morgan fingerprint density at radius 2 is 2.00 bits per heavy atom. The van der Waals surface area contributed by atoms with E-state index in [1.165, 1.54) is 42.0 Å². The summed E-state index contributed by atoms with van der Waals surface area (Å²) in [5.74, 6) is 0.649. The van der Waals surface area contributed by atoms with Gasteiger partial charge in [-0.25, -0.2) is 4.98 Å². The Morgan fingerprint density at radius 3 is 2.56 bits per heavy atom. The third kappa shape index (κ3) is 3.11. The van der Waals surface area contributed by atoms with E-state index in [4.69, 9.17) is 15.5 Å². The molecule has 18 heavy (non-hydrogen) atoms. The van der Waals surface area contributed by atoms with E-state index >= 15 is 0 Å². The molecule has 1 aromatic heterocycles. The van der Waals surface area contributed by atoms with Gasteiger partial charge >= 0.3 is 0 Å². The van der Waals surface area contributed by atoms with Crippen LogP contribution < -0.4 is 5.73 Å². The zero-order valence-electron chi connectivity index (χ0n) is 11.7. The van der Waals surface area contributed by atoms with E-state index in [0.717, 1.165) is 5.69 Å². The van der Waals surface area contributed by atoms with Crippen LogP contribution in [-0.4, -0.2) is 12.1 Å². The normalized spacial score (nSPS) is 18.2. The second-order valence-corrected chi connectivity index (χ2v) is 6.85. The summed E-state index contributed by atoms with van der Waals surface area (Å²) in [6.07, 6.45) is 6.62. The van der Waals surface area contributed by atoms with Crippen LogP contribution in [0.25, 0.3) is 0 Å². The number of methoxy groups -OCH3 is 1. The number of ether oxygens (including phenoxy) is 1. The molecule has 2 N–H and O–H groups in total. The third-order valence-electron chi connectivity index (χ3n) is 3.53. The highest BCUT2D eigenvalue weighted by atomic mass is 32.1. The Kier molecular flexibility index (Phi) is 4.41. The van der Waals surface area contributed by atoms with Crippen molar-refractivity contribution in [3.8, 4) is 0 Å². The van der Waals surface area contributed by atoms with Gasteiger partial charge in [-0.1, -0.05) is 19.3 Å². The van der Waals surface area contributed by atoms with Crippen molar-refractivity contribution in [3.63, 3.8) is 0 Å². The lowest BCUT2D eigenvalue weighted by molar-refractivity contribution is 0.180. The molecule has 0 saturated heterocycles. The summed E-state index contributed by atoms with van der Waals surface area (Å²) in [4.78, 5) is 5.99. The number of rotatable bonds is 4. The number of thiazole rings is 1. The van der Waals surface area contributed by atoms with Gasteiger partial charge in [0.05, 0.1) is 17.3 Å². The van der Waals surface area contributed by atoms with Crippen molar-refractivity contribution in [1.29, 1.82) is 0 Å². The molecule has 1 saturated carbocycles. The first-order valence-corrected chi connectivity index (χ1v) is 7.62. The molecule has 0 amide bonds. The Labute approximate surface area is 114 Å². The number of nitrogens with zero attached hydrogens (tertiary/aromatic N) is 1. The molecule has 1 fully saturated rings. The molecule has 0 aliphatic heterocycles. The molecule has 0 aromatic carbocycles. The van der Waals surface area contributed by atoms with Gasteiger partial charge in [-0.15, -0.1) is 11.3 Å². The van der Waals surface area contributed by atoms with Crippen LogP contribution in [-0.2, 0) is 16.9 Å². The molecule has 1 aromatic rings. The van der Waals surface area contributed by atoms with Gasteiger partial charge in [0.2, 0.25) is 0 Å². The molecule has 3 nitrogen and oxygen atoms in total. The third-order valence-corrected chi connectivity index (χ3v) is 5.13. The van der Waals surface area contributed by atoms with Gasteiger partial charge in [0.15, 0.2) is 0 Å². The minimum absolute atomic E-state index is 0.321. The molecule has 2 rings (SSSR count). The van der Waals surface area contributed by atoms with Crippen LogP contribution in [0, 0.1) is 0 Å². The first kappa shape index (κ1) is 14.0. The van der Waals surface area contributed by atoms with Crippen molar-refractivity contribution in [3.05, 3.63) is 15.6 Å². The fourth-order valence-corrected chi connectivity index (χ4v) is 3.88. The Bertz CT molecular complexity index is 389. The molecule has 4 heteroatoms. The van der Waals surface area contributed by atoms with Crippen molar-refractivity contribution in [2.45, 2.75) is 64.0 Å². The monoisotopic (exact) mass is 268 g/mol. The van der Waals surface area contributed by atoms with E-state index in [1.807, 2.05) is 13.8 Å². The fourth-order valence-electron chi connectivity index (χ4n) is 2.63. The molecular formula is C14H24N2OS. The van der Waals surface area contributed by atoms with Crippen molar-refractivity contribution < 1.29 is 4.74 Å². The maximum atomic E-state index is 6.25. The van der Waals surface area contributed by atoms with Crippen molar-refractivity contribution in [2.24, 2.45) is 5.73 Å². The van der Waals surface area contributed by atoms with Crippen molar-refractivity contribution >= 4 is 11.3 Å². The highest BCUT2D eigenvalue weighted by Gasteiger charge is 2.26. The highest BCUT2D eigenvalue weighted by molar-refractivity contribution is 7.12. The fraction of sp³-hybridized carbons (Fsp3) is 0.786. The Morgan fingerprint density at radius 1 is 1.33 bits per heavy atom. The lowest BCUT2D eigenvalue weighted by Crippen LogP contribution is -2.28. The van der Waals surface area contributed by atoms with Crippen LogP contribution in [0.5, 0.6) is 0 Å². The smallest absolute Gasteiger partial charge is 0.0963 e. The second kappa shape index (κ2) is 5.68. The number of hydrogen-bond acceptors (Lipinski definition) is 4. The minimum Gasteiger partial charge on any atom is -0.378 e. The average Bonchev–Trinajstić information content (AvgIpc) is 2.75. The first-order chi connectivity index (χ1) is 8.52. The van der Waals surface area contributed by atoms with E-state index in [0.29, 0.717) is 12.5 Å². The van der Waals surface area contributed by atoms with Gasteiger partial charge in [0, 0.05) is 23.4 Å². The molecule has 0 bridgehead atoms. The molecule has 0 radical (unpaired) electrons. The van der Waals surface area contributed by atoms with Gasteiger partial charge in [-0.2, -0.15) is 0 Å². The molecule has 1 heterocycles. The molecule has 0 atom stereocenters. The SMILES string of the molecule is COCc1nc(C2CCCCC2)sc1C(C)(C)N. The van der Waals surface area contributed by atoms with Gasteiger partial charge in [-0.05, 0) is 26.7 Å². The number of nitrogens with two attached hydrogens (primary N) is 1. The van der Waals surface area contributed by atoms with E-state index in [-0.39, 0.29) is 5.54 Å². The molecule has 0 spiro atoms. The predicted octanol–water partition coefficient (Wildman–Crippen LogP) is 3.53. The summed E-state index contributed by atoms with van der Waals surface area (Å²) < 4.78 is 5.25. The lowest BCUT2D eigenvalue weighted by Gasteiger charge is -2.19. The summed E-state index contributed by atoms with van der Waals surface area (Å²) >= 11 is 1.80. The largest absolute Gasteiger partial charge is 0.378 e. The Hall–Kier alpha value is -0.450. The van der Waals surface area contributed by atoms with Gasteiger partial charge in [0.1, 0.15) is 0 Å². The molecule has 102 valence electrons. The quantitative estimate of drug-likeness (QED) is 0.908. The standard InChI is InChI=1S/C14H24N2OS/c1-14(2,15)12-11(9-17-3)16-13(18-12)10-7-5-4-6-8-10/h10H,4-9,15H2,1-3H3. The Balaban J connectivity index is 2.26. The number of aromatic nitrogens is 1. The molecular weight excluding hydrogens is 244 g/mol. The summed E-state index contributed by atoms with van der Waals surface area (Å²) in [6.45, 7) is 4.66. The molecule has 0 unspecified atom stereocenters. The van der Waals surface area contributed by atoms with Crippen LogP contribution in [0.1, 0.15) is 67.4 Å². The van der Waals surface area contributed by atoms with Crippen LogP contribution in [0.3, 0.4) is 0 Å². The van der Waals surface area contributed by atoms with E-state index in [9.17, 15) is 0 Å². The van der Waals surface area contributed by atoms with Crippen molar-refractivity contribution in [1.82, 2.24) is 4.98 Å². The molecule has 1 aliphatic carbocycles. The van der Waals surface area contributed by atoms with Crippen LogP contribution in [0.4, 0.5) is 0 Å². The zero-order valence-corrected chi connectivity index (χ0v) is 12.5. The first-order valence-electron chi connectivity index (χ1n) is 6.80. The summed E-state index contributed by atoms with van der Waals surface area (Å²) in [5, 5.41) is 1.27. The van der Waals surface area contributed by atoms with E-state index < -0.39 is 0 Å². The van der Waals surface area contributed by atoms with Gasteiger partial charge in [0.25, 0.3) is 0 Å². The summed E-state index contributed by atoms with van der Waals surface area (Å²) in [6, 6.07) is 0. The lowest BCUT2D eigenvalue weighted by atomic mass is 9.90. The van der Waals surface area contributed by atoms with E-state index in [2.05, 4.69) is 0 Å². The van der Waals surface area contributed by atoms with Gasteiger partial charge < -0.3 is 10.5 Å². The van der Waals surface area contributed by atoms with E-state index in [1.54, 1.807) is 18.4 Å². The van der Waals surface area contributed by atoms with Crippen LogP contribution >= 0.6 is 11.3 Å². The number of hydrogen-bond donors (Lipinski definition) is 1. The van der Waals surface area contributed by atoms with Gasteiger partial charge in [-0.3, -0.25) is 0 Å². The maximum absolute atomic E-state index is 6.25. The topological polar surface area (TPSA) is 48.1 Å². The summed E-state index contributed by atoms with van der Waals surface area (Å²) in [7, 11) is 1.72. The minimum atomic E-state index is -0.321. The maximum Gasteiger partial charge on any atom is 0.0963 e. The van der Waals surface area contributed by atoms with Crippen molar-refractivity contribution in [2.75, 3.05) is 7.11 Å². The molecule has 1 aliphatic rings. The zero-order chi connectivity index (χ0) is 13.2. The van der Waals surface area contributed by atoms with Crippen LogP contribution in [0.15, 0.2) is 0 Å². The summed E-state index contributed by atoms with van der Waals surface area (Å²) in [5.41, 5.74) is 6.96. The van der Waals surface area contributed by atoms with Crippen LogP contribution in [0.2, 0.25) is 0 Å². The predicted molar refractivity (Wildman–Crippen MR) is 75.9 cm³/mol. The average molecular weight is 268 g/mol. The highest BCUT2D eigenvalue weighted by Crippen LogP contribution is 2.38.